The van der Waals surface area contributed by atoms with Gasteiger partial charge in [-0.15, -0.1) is 0 Å². The highest BCUT2D eigenvalue weighted by atomic mass is 16.6. The summed E-state index contributed by atoms with van der Waals surface area (Å²) in [6.45, 7) is 7.22. The van der Waals surface area contributed by atoms with Crippen LogP contribution in [0, 0.1) is 11.8 Å². The molecule has 40 heavy (non-hydrogen) atoms. The van der Waals surface area contributed by atoms with E-state index in [0.29, 0.717) is 24.0 Å². The van der Waals surface area contributed by atoms with Crippen LogP contribution in [0.1, 0.15) is 58.1 Å². The fourth-order valence-electron chi connectivity index (χ4n) is 5.69. The van der Waals surface area contributed by atoms with Crippen LogP contribution in [0.2, 0.25) is 0 Å². The van der Waals surface area contributed by atoms with Gasteiger partial charge in [-0.3, -0.25) is 19.5 Å². The number of hydrogen-bond acceptors (Lipinski definition) is 6. The standard InChI is InChI=1S/C32H37N3O5/c1-19(36)24-11-7-8-22-17-27(34-28(22)24)21-14-12-20(13-15-21)16-23(33-31(39)40-32(2,3)4)18-35-29(37)25-9-5-6-10-26(25)30(35)38/h5,7-9,12-15,17,19,22-24,36H,6,10-11,16,18H2,1-4H3,(H,33,39)/t19-,22?,23-,24?/m0/s1. The van der Waals surface area contributed by atoms with E-state index in [-0.39, 0.29) is 30.2 Å². The topological polar surface area (TPSA) is 108 Å². The van der Waals surface area contributed by atoms with Crippen molar-refractivity contribution in [3.63, 3.8) is 0 Å². The number of aliphatic hydroxyl groups excluding tert-OH is 1. The summed E-state index contributed by atoms with van der Waals surface area (Å²) in [5.41, 5.74) is 4.11. The lowest BCUT2D eigenvalue weighted by molar-refractivity contribution is -0.138. The van der Waals surface area contributed by atoms with Crippen LogP contribution in [0.25, 0.3) is 5.70 Å². The van der Waals surface area contributed by atoms with E-state index in [1.165, 1.54) is 4.90 Å². The quantitative estimate of drug-likeness (QED) is 0.389. The second-order valence-electron chi connectivity index (χ2n) is 11.9. The monoisotopic (exact) mass is 543 g/mol. The lowest BCUT2D eigenvalue weighted by atomic mass is 9.82. The van der Waals surface area contributed by atoms with Crippen molar-refractivity contribution in [2.45, 2.75) is 71.1 Å². The number of benzene rings is 1. The molecule has 1 aromatic rings. The largest absolute Gasteiger partial charge is 0.444 e. The van der Waals surface area contributed by atoms with Crippen LogP contribution in [0.4, 0.5) is 4.79 Å². The number of nitrogens with zero attached hydrogens (tertiary/aromatic N) is 2. The molecule has 8 heteroatoms. The normalized spacial score (nSPS) is 23.5. The average Bonchev–Trinajstić information content (AvgIpc) is 3.43. The van der Waals surface area contributed by atoms with E-state index in [4.69, 9.17) is 9.73 Å². The van der Waals surface area contributed by atoms with Crippen molar-refractivity contribution >= 4 is 29.3 Å². The molecule has 5 rings (SSSR count). The van der Waals surface area contributed by atoms with Gasteiger partial charge in [0, 0.05) is 35.2 Å². The van der Waals surface area contributed by atoms with Crippen molar-refractivity contribution < 1.29 is 24.2 Å². The zero-order valence-electron chi connectivity index (χ0n) is 23.5. The van der Waals surface area contributed by atoms with Gasteiger partial charge in [0.05, 0.1) is 17.8 Å². The van der Waals surface area contributed by atoms with Crippen molar-refractivity contribution in [1.29, 1.82) is 0 Å². The molecule has 0 saturated heterocycles. The highest BCUT2D eigenvalue weighted by molar-refractivity contribution is 6.21. The molecular weight excluding hydrogens is 506 g/mol. The molecule has 2 aliphatic carbocycles. The Kier molecular flexibility index (Phi) is 7.64. The molecule has 0 aromatic heterocycles. The van der Waals surface area contributed by atoms with Gasteiger partial charge < -0.3 is 15.2 Å². The first-order chi connectivity index (χ1) is 19.0. The number of carbonyl (C=O) groups is 3. The van der Waals surface area contributed by atoms with Crippen molar-refractivity contribution in [3.05, 3.63) is 76.9 Å². The Hall–Kier alpha value is -3.78. The maximum atomic E-state index is 13.0. The van der Waals surface area contributed by atoms with E-state index in [0.717, 1.165) is 35.4 Å². The molecule has 2 unspecified atom stereocenters. The highest BCUT2D eigenvalue weighted by Gasteiger charge is 2.39. The minimum Gasteiger partial charge on any atom is -0.444 e. The zero-order chi connectivity index (χ0) is 28.6. The van der Waals surface area contributed by atoms with Crippen LogP contribution in [-0.4, -0.2) is 57.9 Å². The molecule has 0 radical (unpaired) electrons. The number of hydrogen-bond donors (Lipinski definition) is 2. The predicted molar refractivity (Wildman–Crippen MR) is 153 cm³/mol. The molecule has 0 bridgehead atoms. The first-order valence-electron chi connectivity index (χ1n) is 14.0. The third-order valence-corrected chi connectivity index (χ3v) is 7.63. The predicted octanol–water partition coefficient (Wildman–Crippen LogP) is 4.51. The van der Waals surface area contributed by atoms with E-state index < -0.39 is 23.8 Å². The number of rotatable bonds is 7. The molecule has 210 valence electrons. The number of carbonyl (C=O) groups excluding carboxylic acids is 3. The average molecular weight is 544 g/mol. The van der Waals surface area contributed by atoms with Gasteiger partial charge in [0.1, 0.15) is 5.60 Å². The second-order valence-corrected chi connectivity index (χ2v) is 11.9. The maximum absolute atomic E-state index is 13.0. The molecule has 2 N–H and O–H groups in total. The Morgan fingerprint density at radius 3 is 2.60 bits per heavy atom. The Morgan fingerprint density at radius 2 is 1.93 bits per heavy atom. The number of imide groups is 1. The Labute approximate surface area is 235 Å². The lowest BCUT2D eigenvalue weighted by Crippen LogP contribution is -2.48. The number of fused-ring (bicyclic) bond motifs is 1. The van der Waals surface area contributed by atoms with Crippen molar-refractivity contribution in [1.82, 2.24) is 10.2 Å². The van der Waals surface area contributed by atoms with Crippen LogP contribution in [0.15, 0.2) is 70.8 Å². The van der Waals surface area contributed by atoms with Crippen molar-refractivity contribution in [3.8, 4) is 0 Å². The number of ether oxygens (including phenoxy) is 1. The lowest BCUT2D eigenvalue weighted by Gasteiger charge is -2.26. The number of nitrogens with one attached hydrogen (secondary N) is 1. The SMILES string of the molecule is C[C@H](O)C1CC=CC2C=C(c3ccc(C[C@@H](CN4C(=O)C5=C(CCC=C5)C4=O)NC(=O)OC(C)(C)C)cc3)N=C21. The Bertz CT molecular complexity index is 1360. The van der Waals surface area contributed by atoms with Crippen LogP contribution >= 0.6 is 0 Å². The van der Waals surface area contributed by atoms with Gasteiger partial charge >= 0.3 is 6.09 Å². The van der Waals surface area contributed by atoms with E-state index in [1.54, 1.807) is 26.8 Å². The molecule has 2 heterocycles. The molecule has 3 amide bonds. The van der Waals surface area contributed by atoms with Gasteiger partial charge in [0.2, 0.25) is 0 Å². The molecule has 8 nitrogen and oxygen atoms in total. The number of allylic oxidation sites excluding steroid dienone is 4. The first-order valence-corrected chi connectivity index (χ1v) is 14.0. The van der Waals surface area contributed by atoms with E-state index in [2.05, 4.69) is 23.5 Å². The number of aliphatic imine (C=N–C) groups is 1. The van der Waals surface area contributed by atoms with Crippen molar-refractivity contribution in [2.75, 3.05) is 6.54 Å². The highest BCUT2D eigenvalue weighted by Crippen LogP contribution is 2.35. The molecule has 0 fully saturated rings. The van der Waals surface area contributed by atoms with Crippen LogP contribution in [-0.2, 0) is 20.7 Å². The molecule has 2 aliphatic heterocycles. The zero-order valence-corrected chi connectivity index (χ0v) is 23.5. The summed E-state index contributed by atoms with van der Waals surface area (Å²) in [7, 11) is 0. The summed E-state index contributed by atoms with van der Waals surface area (Å²) in [6.07, 6.45) is 11.4. The summed E-state index contributed by atoms with van der Waals surface area (Å²) >= 11 is 0. The number of amides is 3. The molecular formula is C32H37N3O5. The molecule has 0 saturated carbocycles. The Balaban J connectivity index is 1.32. The summed E-state index contributed by atoms with van der Waals surface area (Å²) in [5, 5.41) is 13.1. The maximum Gasteiger partial charge on any atom is 0.407 e. The fraction of sp³-hybridized carbons (Fsp3) is 0.438. The molecule has 4 atom stereocenters. The molecule has 1 aromatic carbocycles. The molecule has 4 aliphatic rings. The van der Waals surface area contributed by atoms with Gasteiger partial charge in [0.25, 0.3) is 11.8 Å². The minimum absolute atomic E-state index is 0.0226. The van der Waals surface area contributed by atoms with Crippen molar-refractivity contribution in [2.24, 2.45) is 16.8 Å². The summed E-state index contributed by atoms with van der Waals surface area (Å²) in [6, 6.07) is 7.40. The van der Waals surface area contributed by atoms with E-state index >= 15 is 0 Å². The third-order valence-electron chi connectivity index (χ3n) is 7.63. The number of alkyl carbamates (subject to hydrolysis) is 1. The first kappa shape index (κ1) is 27.8. The van der Waals surface area contributed by atoms with Crippen LogP contribution < -0.4 is 5.32 Å². The smallest absolute Gasteiger partial charge is 0.407 e. The van der Waals surface area contributed by atoms with Gasteiger partial charge in [-0.1, -0.05) is 48.6 Å². The van der Waals surface area contributed by atoms with Crippen LogP contribution in [0.3, 0.4) is 0 Å². The van der Waals surface area contributed by atoms with Crippen LogP contribution in [0.5, 0.6) is 0 Å². The van der Waals surface area contributed by atoms with E-state index in [9.17, 15) is 19.5 Å². The summed E-state index contributed by atoms with van der Waals surface area (Å²) < 4.78 is 5.47. The summed E-state index contributed by atoms with van der Waals surface area (Å²) in [5.74, 6) is -0.473. The molecule has 0 spiro atoms. The number of aliphatic hydroxyl groups is 1. The summed E-state index contributed by atoms with van der Waals surface area (Å²) in [4.78, 5) is 44.9. The van der Waals surface area contributed by atoms with Gasteiger partial charge in [0.15, 0.2) is 0 Å². The van der Waals surface area contributed by atoms with Gasteiger partial charge in [-0.25, -0.2) is 4.79 Å². The van der Waals surface area contributed by atoms with Gasteiger partial charge in [-0.05, 0) is 70.6 Å². The minimum atomic E-state index is -0.684. The third kappa shape index (κ3) is 5.87. The fourth-order valence-corrected chi connectivity index (χ4v) is 5.69. The second kappa shape index (κ2) is 11.0. The Morgan fingerprint density at radius 1 is 1.18 bits per heavy atom. The van der Waals surface area contributed by atoms with E-state index in [1.807, 2.05) is 37.3 Å². The van der Waals surface area contributed by atoms with Gasteiger partial charge in [-0.2, -0.15) is 0 Å².